The van der Waals surface area contributed by atoms with Crippen LogP contribution in [0.25, 0.3) is 11.2 Å². The Morgan fingerprint density at radius 2 is 1.81 bits per heavy atom. The first-order valence-electron chi connectivity index (χ1n) is 14.2. The molecule has 6 bridgehead atoms. The second-order valence-electron chi connectivity index (χ2n) is 10.7. The Morgan fingerprint density at radius 1 is 1.12 bits per heavy atom. The molecule has 2 aliphatic rings. The maximum atomic E-state index is 13.9. The third kappa shape index (κ3) is 7.08. The maximum absolute atomic E-state index is 13.9. The van der Waals surface area contributed by atoms with Gasteiger partial charge in [0, 0.05) is 0 Å². The molecule has 0 radical (unpaired) electrons. The molecule has 0 aliphatic carbocycles. The molecule has 0 spiro atoms. The minimum atomic E-state index is -4.25. The Kier molecular flexibility index (Phi) is 9.49. The number of para-hydroxylation sites is 1. The normalized spacial score (nSPS) is 31.5. The molecule has 1 saturated heterocycles. The number of aliphatic hydroxyl groups is 2. The van der Waals surface area contributed by atoms with E-state index in [9.17, 15) is 19.6 Å². The van der Waals surface area contributed by atoms with E-state index in [0.29, 0.717) is 18.5 Å². The van der Waals surface area contributed by atoms with Gasteiger partial charge in [-0.3, -0.25) is 13.9 Å². The summed E-state index contributed by atoms with van der Waals surface area (Å²) in [7, 11) is -4.25. The Labute approximate surface area is 248 Å². The quantitative estimate of drug-likeness (QED) is 0.240. The van der Waals surface area contributed by atoms with Crippen LogP contribution < -0.4 is 20.1 Å². The van der Waals surface area contributed by atoms with Gasteiger partial charge >= 0.3 is 13.7 Å². The highest BCUT2D eigenvalue weighted by Crippen LogP contribution is 2.47. The summed E-state index contributed by atoms with van der Waals surface area (Å²) in [5.41, 5.74) is 4.64. The number of aliphatic hydroxyl groups excluding tert-OH is 1. The Bertz CT molecular complexity index is 1460. The molecule has 0 saturated carbocycles. The number of rotatable bonds is 2. The molecule has 2 aromatic heterocycles. The lowest BCUT2D eigenvalue weighted by atomic mass is 9.96. The first kappa shape index (κ1) is 31.1. The molecular weight excluding hydrogens is 583 g/mol. The van der Waals surface area contributed by atoms with E-state index in [1.165, 1.54) is 24.7 Å². The predicted molar refractivity (Wildman–Crippen MR) is 153 cm³/mol. The highest BCUT2D eigenvalue weighted by Gasteiger charge is 2.54. The number of carbonyl (C=O) groups excluding carboxylic acids is 1. The van der Waals surface area contributed by atoms with Gasteiger partial charge in [-0.15, -0.1) is 0 Å². The average molecular weight is 621 g/mol. The number of imidazole rings is 1. The van der Waals surface area contributed by atoms with Gasteiger partial charge < -0.3 is 34.7 Å². The lowest BCUT2D eigenvalue weighted by molar-refractivity contribution is -0.145. The number of nitrogens with zero attached hydrogens (tertiary/aromatic N) is 4. The van der Waals surface area contributed by atoms with E-state index in [1.807, 2.05) is 0 Å². The van der Waals surface area contributed by atoms with E-state index >= 15 is 0 Å². The van der Waals surface area contributed by atoms with Crippen LogP contribution in [0.2, 0.25) is 0 Å². The number of cyclic esters (lactones) is 1. The number of hydrogen-bond acceptors (Lipinski definition) is 13. The van der Waals surface area contributed by atoms with Gasteiger partial charge in [0.05, 0.1) is 26.1 Å². The number of ether oxygens (including phenoxy) is 3. The van der Waals surface area contributed by atoms with Gasteiger partial charge in [0.2, 0.25) is 11.8 Å². The second kappa shape index (κ2) is 13.1. The molecule has 3 aromatic rings. The van der Waals surface area contributed by atoms with Crippen LogP contribution in [0, 0.1) is 0 Å². The number of nitrogens with one attached hydrogen (secondary N) is 1. The Morgan fingerprint density at radius 3 is 2.56 bits per heavy atom. The number of benzene rings is 1. The highest BCUT2D eigenvalue weighted by atomic mass is 31.2. The van der Waals surface area contributed by atoms with Crippen LogP contribution in [0.1, 0.15) is 52.2 Å². The zero-order valence-electron chi connectivity index (χ0n) is 24.0. The number of nitrogens with two attached hydrogens (primary N) is 1. The standard InChI is InChI=1S/C27H37N6O9P/c1-17-24(35)39-14-10-5-3-4-9-13-38-23-20-22(30-26(28)31-23)33(16-29-20)25-27(2,36)21(34)19(41-25)15-40-43(37,32-17)42-18-11-7-6-8-12-18/h6-8,11-12,16-17,19,21,25,34,36H,3-5,9-10,13-15H2,1-2H3,(H,32,37)(H2,28,30,31)/t17-,19?,21+,25?,27+,43?/m0/s1. The highest BCUT2D eigenvalue weighted by molar-refractivity contribution is 7.52. The molecule has 43 heavy (non-hydrogen) atoms. The summed E-state index contributed by atoms with van der Waals surface area (Å²) in [5, 5.41) is 25.0. The van der Waals surface area contributed by atoms with Crippen molar-refractivity contribution in [3.8, 4) is 11.6 Å². The van der Waals surface area contributed by atoms with Crippen LogP contribution in [-0.2, 0) is 23.4 Å². The average Bonchev–Trinajstić information content (AvgIpc) is 3.48. The van der Waals surface area contributed by atoms with Crippen molar-refractivity contribution in [1.82, 2.24) is 24.6 Å². The van der Waals surface area contributed by atoms with Crippen LogP contribution in [0.4, 0.5) is 5.95 Å². The molecule has 234 valence electrons. The monoisotopic (exact) mass is 620 g/mol. The number of fused-ring (bicyclic) bond motifs is 3. The SMILES string of the molecule is C[C@@H]1NP(=O)(Oc2ccccc2)OCC2OC(n3cnc4c(nc(N)nc43)OCCCCCCCOC1=O)[C@](C)(O)[C@@H]2O. The molecule has 6 atom stereocenters. The lowest BCUT2D eigenvalue weighted by Crippen LogP contribution is -2.44. The van der Waals surface area contributed by atoms with Crippen molar-refractivity contribution in [2.24, 2.45) is 0 Å². The molecule has 5 N–H and O–H groups in total. The molecule has 3 unspecified atom stereocenters. The summed E-state index contributed by atoms with van der Waals surface area (Å²) in [5.74, 6) is -0.280. The number of hydrogen-bond donors (Lipinski definition) is 4. The van der Waals surface area contributed by atoms with Crippen molar-refractivity contribution in [1.29, 1.82) is 0 Å². The molecule has 4 heterocycles. The van der Waals surface area contributed by atoms with Gasteiger partial charge in [0.25, 0.3) is 0 Å². The summed E-state index contributed by atoms with van der Waals surface area (Å²) in [6.45, 7) is 2.96. The summed E-state index contributed by atoms with van der Waals surface area (Å²) in [6, 6.07) is 7.23. The summed E-state index contributed by atoms with van der Waals surface area (Å²) in [6.07, 6.45) is 1.53. The third-order valence-electron chi connectivity index (χ3n) is 7.27. The number of carbonyl (C=O) groups is 1. The zero-order valence-corrected chi connectivity index (χ0v) is 24.9. The number of anilines is 1. The minimum Gasteiger partial charge on any atom is -0.476 e. The molecule has 2 aliphatic heterocycles. The van der Waals surface area contributed by atoms with Gasteiger partial charge in [0.15, 0.2) is 17.4 Å². The van der Waals surface area contributed by atoms with E-state index < -0.39 is 50.4 Å². The van der Waals surface area contributed by atoms with Crippen LogP contribution >= 0.6 is 7.75 Å². The first-order valence-corrected chi connectivity index (χ1v) is 15.7. The maximum Gasteiger partial charge on any atom is 0.459 e. The zero-order chi connectivity index (χ0) is 30.6. The topological polar surface area (TPSA) is 202 Å². The molecule has 1 fully saturated rings. The van der Waals surface area contributed by atoms with Crippen molar-refractivity contribution in [3.05, 3.63) is 36.7 Å². The van der Waals surface area contributed by atoms with Gasteiger partial charge in [-0.05, 0) is 38.8 Å². The summed E-state index contributed by atoms with van der Waals surface area (Å²) >= 11 is 0. The minimum absolute atomic E-state index is 0.0643. The summed E-state index contributed by atoms with van der Waals surface area (Å²) < 4.78 is 44.0. The fourth-order valence-electron chi connectivity index (χ4n) is 4.93. The number of nitrogen functional groups attached to an aromatic ring is 1. The first-order chi connectivity index (χ1) is 20.6. The Balaban J connectivity index is 1.44. The van der Waals surface area contributed by atoms with E-state index in [4.69, 9.17) is 29.0 Å². The van der Waals surface area contributed by atoms with Gasteiger partial charge in [-0.2, -0.15) is 15.1 Å². The number of aromatic nitrogens is 4. The van der Waals surface area contributed by atoms with Crippen LogP contribution in [0.5, 0.6) is 11.6 Å². The fourth-order valence-corrected chi connectivity index (χ4v) is 6.43. The van der Waals surface area contributed by atoms with Crippen molar-refractivity contribution in [2.75, 3.05) is 25.6 Å². The molecule has 5 rings (SSSR count). The Hall–Kier alpha value is -3.33. The van der Waals surface area contributed by atoms with Gasteiger partial charge in [-0.25, -0.2) is 9.55 Å². The molecule has 16 heteroatoms. The van der Waals surface area contributed by atoms with Crippen molar-refractivity contribution in [2.45, 2.75) is 76.0 Å². The second-order valence-corrected chi connectivity index (χ2v) is 12.4. The van der Waals surface area contributed by atoms with Crippen LogP contribution in [0.15, 0.2) is 36.7 Å². The van der Waals surface area contributed by atoms with Crippen LogP contribution in [-0.4, -0.2) is 79.4 Å². The largest absolute Gasteiger partial charge is 0.476 e. The fraction of sp³-hybridized carbons (Fsp3) is 0.556. The third-order valence-corrected chi connectivity index (χ3v) is 8.91. The lowest BCUT2D eigenvalue weighted by Gasteiger charge is -2.27. The summed E-state index contributed by atoms with van der Waals surface area (Å²) in [4.78, 5) is 25.5. The predicted octanol–water partition coefficient (Wildman–Crippen LogP) is 2.49. The van der Waals surface area contributed by atoms with Crippen LogP contribution in [0.3, 0.4) is 0 Å². The van der Waals surface area contributed by atoms with Crippen molar-refractivity contribution in [3.63, 3.8) is 0 Å². The number of esters is 1. The van der Waals surface area contributed by atoms with Gasteiger partial charge in [-0.1, -0.05) is 37.5 Å². The molecule has 1 aromatic carbocycles. The van der Waals surface area contributed by atoms with E-state index in [2.05, 4.69) is 20.0 Å². The smallest absolute Gasteiger partial charge is 0.459 e. The van der Waals surface area contributed by atoms with Crippen molar-refractivity contribution >= 4 is 30.8 Å². The van der Waals surface area contributed by atoms with Gasteiger partial charge in [0.1, 0.15) is 29.6 Å². The van der Waals surface area contributed by atoms with E-state index in [1.54, 1.807) is 30.3 Å². The molecular formula is C27H37N6O9P. The van der Waals surface area contributed by atoms with E-state index in [0.717, 1.165) is 25.7 Å². The van der Waals surface area contributed by atoms with E-state index in [-0.39, 0.29) is 29.8 Å². The molecule has 0 amide bonds. The van der Waals surface area contributed by atoms with Crippen molar-refractivity contribution < 1.29 is 42.8 Å². The molecule has 15 nitrogen and oxygen atoms in total.